The zero-order chi connectivity index (χ0) is 25.0. The number of methoxy groups -OCH3 is 1. The van der Waals surface area contributed by atoms with Gasteiger partial charge in [0.2, 0.25) is 0 Å². The molecule has 0 aliphatic heterocycles. The molecule has 0 aliphatic carbocycles. The molecule has 3 aromatic carbocycles. The number of carbonyl (C=O) groups excluding carboxylic acids is 2. The topological polar surface area (TPSA) is 95.5 Å². The molecule has 0 radical (unpaired) electrons. The standard InChI is InChI=1S/C27H28N2O6/c1-4-16-34-23-11-7-20(8-12-23)26(30)29-28-18-19-6-15-24(25(17-19)32-3)35-27(31)21-9-13-22(14-10-21)33-5-2/h6-15,17-18H,4-5,16H2,1-3H3,(H,29,30)/b28-18-. The van der Waals surface area contributed by atoms with Crippen molar-refractivity contribution in [2.45, 2.75) is 20.3 Å². The molecule has 0 bridgehead atoms. The van der Waals surface area contributed by atoms with E-state index in [1.165, 1.54) is 13.3 Å². The number of ether oxygens (including phenoxy) is 4. The average Bonchev–Trinajstić information content (AvgIpc) is 2.89. The maximum Gasteiger partial charge on any atom is 0.343 e. The summed E-state index contributed by atoms with van der Waals surface area (Å²) in [5, 5.41) is 4.00. The summed E-state index contributed by atoms with van der Waals surface area (Å²) in [6, 6.07) is 18.5. The van der Waals surface area contributed by atoms with Gasteiger partial charge in [0.05, 0.1) is 32.1 Å². The molecule has 3 aromatic rings. The van der Waals surface area contributed by atoms with Crippen LogP contribution >= 0.6 is 0 Å². The van der Waals surface area contributed by atoms with Gasteiger partial charge >= 0.3 is 5.97 Å². The van der Waals surface area contributed by atoms with E-state index >= 15 is 0 Å². The van der Waals surface area contributed by atoms with E-state index in [4.69, 9.17) is 18.9 Å². The molecule has 8 heteroatoms. The van der Waals surface area contributed by atoms with Crippen LogP contribution in [0.1, 0.15) is 46.5 Å². The van der Waals surface area contributed by atoms with Crippen LogP contribution in [0, 0.1) is 0 Å². The van der Waals surface area contributed by atoms with Crippen molar-refractivity contribution >= 4 is 18.1 Å². The van der Waals surface area contributed by atoms with Crippen LogP contribution in [0.25, 0.3) is 0 Å². The number of nitrogens with one attached hydrogen (secondary N) is 1. The van der Waals surface area contributed by atoms with E-state index in [1.807, 2.05) is 13.8 Å². The molecule has 8 nitrogen and oxygen atoms in total. The van der Waals surface area contributed by atoms with Crippen molar-refractivity contribution in [3.63, 3.8) is 0 Å². The van der Waals surface area contributed by atoms with E-state index < -0.39 is 5.97 Å². The van der Waals surface area contributed by atoms with Crippen molar-refractivity contribution in [3.05, 3.63) is 83.4 Å². The summed E-state index contributed by atoms with van der Waals surface area (Å²) in [5.41, 5.74) is 3.97. The van der Waals surface area contributed by atoms with Crippen LogP contribution in [0.5, 0.6) is 23.0 Å². The van der Waals surface area contributed by atoms with Gasteiger partial charge in [0, 0.05) is 5.56 Å². The lowest BCUT2D eigenvalue weighted by atomic mass is 10.2. The summed E-state index contributed by atoms with van der Waals surface area (Å²) in [4.78, 5) is 24.8. The molecule has 35 heavy (non-hydrogen) atoms. The molecule has 0 spiro atoms. The lowest BCUT2D eigenvalue weighted by molar-refractivity contribution is 0.0729. The maximum absolute atomic E-state index is 12.5. The Bertz CT molecular complexity index is 1160. The Hall–Kier alpha value is -4.33. The van der Waals surface area contributed by atoms with Gasteiger partial charge in [-0.05, 0) is 85.6 Å². The van der Waals surface area contributed by atoms with E-state index in [-0.39, 0.29) is 11.7 Å². The van der Waals surface area contributed by atoms with Crippen LogP contribution < -0.4 is 24.4 Å². The highest BCUT2D eigenvalue weighted by Gasteiger charge is 2.13. The third-order valence-electron chi connectivity index (χ3n) is 4.76. The summed E-state index contributed by atoms with van der Waals surface area (Å²) in [5.74, 6) is 1.13. The summed E-state index contributed by atoms with van der Waals surface area (Å²) in [7, 11) is 1.47. The molecule has 0 aromatic heterocycles. The zero-order valence-electron chi connectivity index (χ0n) is 19.9. The Morgan fingerprint density at radius 1 is 0.857 bits per heavy atom. The largest absolute Gasteiger partial charge is 0.494 e. The van der Waals surface area contributed by atoms with Gasteiger partial charge in [-0.25, -0.2) is 10.2 Å². The van der Waals surface area contributed by atoms with Crippen molar-refractivity contribution < 1.29 is 28.5 Å². The predicted molar refractivity (Wildman–Crippen MR) is 133 cm³/mol. The van der Waals surface area contributed by atoms with Gasteiger partial charge in [0.1, 0.15) is 11.5 Å². The highest BCUT2D eigenvalue weighted by molar-refractivity contribution is 5.95. The van der Waals surface area contributed by atoms with Gasteiger partial charge in [0.15, 0.2) is 11.5 Å². The van der Waals surface area contributed by atoms with Crippen molar-refractivity contribution in [2.75, 3.05) is 20.3 Å². The van der Waals surface area contributed by atoms with E-state index in [0.717, 1.165) is 6.42 Å². The van der Waals surface area contributed by atoms with Crippen LogP contribution in [0.3, 0.4) is 0 Å². The molecular formula is C27H28N2O6. The molecule has 0 atom stereocenters. The van der Waals surface area contributed by atoms with E-state index in [1.54, 1.807) is 66.7 Å². The minimum atomic E-state index is -0.522. The quantitative estimate of drug-likeness (QED) is 0.184. The second-order valence-electron chi connectivity index (χ2n) is 7.33. The lowest BCUT2D eigenvalue weighted by Gasteiger charge is -2.10. The molecule has 1 amide bonds. The molecule has 0 unspecified atom stereocenters. The average molecular weight is 477 g/mol. The Balaban J connectivity index is 1.60. The Labute approximate surface area is 204 Å². The number of nitrogens with zero attached hydrogens (tertiary/aromatic N) is 1. The highest BCUT2D eigenvalue weighted by Crippen LogP contribution is 2.28. The van der Waals surface area contributed by atoms with Gasteiger partial charge in [-0.3, -0.25) is 4.79 Å². The summed E-state index contributed by atoms with van der Waals surface area (Å²) in [6.07, 6.45) is 2.38. The van der Waals surface area contributed by atoms with Crippen molar-refractivity contribution in [3.8, 4) is 23.0 Å². The Kier molecular flexibility index (Phi) is 9.24. The fourth-order valence-electron chi connectivity index (χ4n) is 3.01. The third-order valence-corrected chi connectivity index (χ3v) is 4.76. The first-order valence-electron chi connectivity index (χ1n) is 11.2. The molecule has 182 valence electrons. The van der Waals surface area contributed by atoms with Gasteiger partial charge in [0.25, 0.3) is 5.91 Å². The number of esters is 1. The van der Waals surface area contributed by atoms with Crippen molar-refractivity contribution in [2.24, 2.45) is 5.10 Å². The number of hydrazone groups is 1. The smallest absolute Gasteiger partial charge is 0.343 e. The summed E-state index contributed by atoms with van der Waals surface area (Å²) < 4.78 is 21.7. The van der Waals surface area contributed by atoms with Crippen molar-refractivity contribution in [1.29, 1.82) is 0 Å². The lowest BCUT2D eigenvalue weighted by Crippen LogP contribution is -2.17. The van der Waals surface area contributed by atoms with Gasteiger partial charge in [-0.1, -0.05) is 6.92 Å². The van der Waals surface area contributed by atoms with Crippen LogP contribution in [0.4, 0.5) is 0 Å². The number of benzene rings is 3. The minimum Gasteiger partial charge on any atom is -0.494 e. The predicted octanol–water partition coefficient (Wildman–Crippen LogP) is 4.87. The normalized spacial score (nSPS) is 10.6. The molecule has 0 heterocycles. The second kappa shape index (κ2) is 12.8. The summed E-state index contributed by atoms with van der Waals surface area (Å²) in [6.45, 7) is 5.08. The fraction of sp³-hybridized carbons (Fsp3) is 0.222. The SMILES string of the molecule is CCCOc1ccc(C(=O)N/N=C\c2ccc(OC(=O)c3ccc(OCC)cc3)c(OC)c2)cc1. The number of amides is 1. The third kappa shape index (κ3) is 7.33. The van der Waals surface area contributed by atoms with Crippen LogP contribution in [0.15, 0.2) is 71.8 Å². The fourth-order valence-corrected chi connectivity index (χ4v) is 3.01. The van der Waals surface area contributed by atoms with Crippen LogP contribution in [0.2, 0.25) is 0 Å². The first-order chi connectivity index (χ1) is 17.0. The molecule has 0 saturated heterocycles. The molecule has 0 saturated carbocycles. The molecule has 1 N–H and O–H groups in total. The number of hydrogen-bond acceptors (Lipinski definition) is 7. The molecule has 0 aliphatic rings. The first-order valence-corrected chi connectivity index (χ1v) is 11.2. The molecule has 0 fully saturated rings. The minimum absolute atomic E-state index is 0.262. The monoisotopic (exact) mass is 476 g/mol. The van der Waals surface area contributed by atoms with Crippen LogP contribution in [-0.2, 0) is 0 Å². The van der Waals surface area contributed by atoms with Gasteiger partial charge in [-0.2, -0.15) is 5.10 Å². The second-order valence-corrected chi connectivity index (χ2v) is 7.33. The first kappa shape index (κ1) is 25.3. The summed E-state index contributed by atoms with van der Waals surface area (Å²) >= 11 is 0. The van der Waals surface area contributed by atoms with E-state index in [9.17, 15) is 9.59 Å². The van der Waals surface area contributed by atoms with Crippen molar-refractivity contribution in [1.82, 2.24) is 5.43 Å². The van der Waals surface area contributed by atoms with E-state index in [2.05, 4.69) is 10.5 Å². The molecular weight excluding hydrogens is 448 g/mol. The number of rotatable bonds is 11. The van der Waals surface area contributed by atoms with Crippen LogP contribution in [-0.4, -0.2) is 38.4 Å². The van der Waals surface area contributed by atoms with Gasteiger partial charge in [-0.15, -0.1) is 0 Å². The number of hydrogen-bond donors (Lipinski definition) is 1. The zero-order valence-corrected chi connectivity index (χ0v) is 19.9. The number of carbonyl (C=O) groups is 2. The van der Waals surface area contributed by atoms with E-state index in [0.29, 0.717) is 47.2 Å². The highest BCUT2D eigenvalue weighted by atomic mass is 16.6. The Morgan fingerprint density at radius 2 is 1.51 bits per heavy atom. The maximum atomic E-state index is 12.5. The van der Waals surface area contributed by atoms with Gasteiger partial charge < -0.3 is 18.9 Å². The molecule has 3 rings (SSSR count). The Morgan fingerprint density at radius 3 is 2.14 bits per heavy atom.